The zero-order valence-electron chi connectivity index (χ0n) is 29.6. The maximum Gasteiger partial charge on any atom is 0.147 e. The van der Waals surface area contributed by atoms with Crippen LogP contribution in [0.25, 0.3) is 0 Å². The number of hydrogen-bond donors (Lipinski definition) is 0. The largest absolute Gasteiger partial charge is 0.147 e. The molecule has 0 N–H and O–H groups in total. The van der Waals surface area contributed by atoms with Crippen molar-refractivity contribution < 1.29 is 0 Å². The van der Waals surface area contributed by atoms with Crippen LogP contribution < -0.4 is 0 Å². The van der Waals surface area contributed by atoms with E-state index in [0.29, 0.717) is 49.9 Å². The average molecular weight is 616 g/mol. The summed E-state index contributed by atoms with van der Waals surface area (Å²) in [5.41, 5.74) is 16.9. The fraction of sp³-hybridized carbons (Fsp3) is 0.750. The highest BCUT2D eigenvalue weighted by Gasteiger charge is 2.46. The van der Waals surface area contributed by atoms with Crippen LogP contribution in [0.4, 0.5) is 0 Å². The smallest absolute Gasteiger partial charge is 0.124 e. The first-order valence-corrected chi connectivity index (χ1v) is 23.0. The fourth-order valence-electron chi connectivity index (χ4n) is 8.34. The molecule has 0 saturated heterocycles. The highest BCUT2D eigenvalue weighted by Crippen LogP contribution is 2.47. The molecule has 0 aliphatic heterocycles. The predicted octanol–water partition coefficient (Wildman–Crippen LogP) is 12.3. The zero-order chi connectivity index (χ0) is 31.8. The van der Waals surface area contributed by atoms with Gasteiger partial charge in [-0.05, 0) is 67.6 Å². The van der Waals surface area contributed by atoms with Crippen LogP contribution in [-0.2, 0) is 0 Å². The Balaban J connectivity index is 7.70. The molecule has 0 saturated carbocycles. The summed E-state index contributed by atoms with van der Waals surface area (Å²) in [6.45, 7) is 42.2. The molecule has 0 bridgehead atoms. The molecule has 0 radical (unpaired) electrons. The van der Waals surface area contributed by atoms with E-state index >= 15 is 0 Å². The first-order chi connectivity index (χ1) is 18.2. The molecule has 226 valence electrons. The monoisotopic (exact) mass is 614 g/mol. The number of allylic oxidation sites excluding steroid dienone is 1. The Morgan fingerprint density at radius 2 is 0.750 bits per heavy atom. The van der Waals surface area contributed by atoms with E-state index in [1.807, 2.05) is 0 Å². The summed E-state index contributed by atoms with van der Waals surface area (Å²) in [6, 6.07) is 0. The van der Waals surface area contributed by atoms with Crippen LogP contribution in [0, 0.1) is 34.8 Å². The molecular formula is C36H63ClSi3. The standard InChI is InChI=1S/C36H63ClSi3/c1-26(2)38(27(3)4,28(5)6)23-20-19-21-35(22-24-39(29(7)8,30(9)10)31(11)12)25-36(37)40(32(13)14,33(15)16)34(17)18/h26-34H,1-18H3. The van der Waals surface area contributed by atoms with Crippen molar-refractivity contribution in [3.63, 3.8) is 0 Å². The SMILES string of the molecule is CC(C)[Si](C#CC#CC(=C=C(Cl)[Si](C(C)C)(C(C)C)C(C)C)C#C[Si](C(C)C)(C(C)C)C(C)C)(C(C)C)C(C)C. The van der Waals surface area contributed by atoms with E-state index in [4.69, 9.17) is 11.6 Å². The van der Waals surface area contributed by atoms with Crippen molar-refractivity contribution in [2.24, 2.45) is 0 Å². The van der Waals surface area contributed by atoms with Gasteiger partial charge in [-0.3, -0.25) is 0 Å². The molecule has 4 heteroatoms. The molecule has 0 spiro atoms. The summed E-state index contributed by atoms with van der Waals surface area (Å²) < 4.78 is 0.889. The van der Waals surface area contributed by atoms with Crippen LogP contribution >= 0.6 is 11.6 Å². The van der Waals surface area contributed by atoms with Gasteiger partial charge >= 0.3 is 0 Å². The second-order valence-corrected chi connectivity index (χ2v) is 32.4. The van der Waals surface area contributed by atoms with Crippen molar-refractivity contribution in [3.8, 4) is 34.8 Å². The molecule has 0 aliphatic rings. The molecule has 0 rings (SSSR count). The molecule has 0 aromatic carbocycles. The summed E-state index contributed by atoms with van der Waals surface area (Å²) >= 11 is 7.32. The third kappa shape index (κ3) is 8.15. The lowest BCUT2D eigenvalue weighted by molar-refractivity contribution is 0.831. The van der Waals surface area contributed by atoms with Gasteiger partial charge in [0.2, 0.25) is 0 Å². The Bertz CT molecular complexity index is 1010. The quantitative estimate of drug-likeness (QED) is 0.130. The van der Waals surface area contributed by atoms with Crippen LogP contribution in [0.3, 0.4) is 0 Å². The second kappa shape index (κ2) is 16.1. The van der Waals surface area contributed by atoms with Gasteiger partial charge in [0.25, 0.3) is 0 Å². The van der Waals surface area contributed by atoms with Crippen molar-refractivity contribution in [1.29, 1.82) is 0 Å². The highest BCUT2D eigenvalue weighted by molar-refractivity contribution is 6.96. The lowest BCUT2D eigenvalue weighted by Crippen LogP contribution is -2.45. The van der Waals surface area contributed by atoms with Crippen LogP contribution in [0.15, 0.2) is 16.0 Å². The predicted molar refractivity (Wildman–Crippen MR) is 193 cm³/mol. The van der Waals surface area contributed by atoms with Gasteiger partial charge in [-0.1, -0.05) is 148 Å². The molecule has 0 aromatic heterocycles. The van der Waals surface area contributed by atoms with Crippen molar-refractivity contribution in [1.82, 2.24) is 0 Å². The minimum Gasteiger partial charge on any atom is -0.124 e. The summed E-state index contributed by atoms with van der Waals surface area (Å²) in [5.74, 6) is 13.6. The summed E-state index contributed by atoms with van der Waals surface area (Å²) in [4.78, 5) is 0. The molecule has 40 heavy (non-hydrogen) atoms. The van der Waals surface area contributed by atoms with Gasteiger partial charge in [-0.2, -0.15) is 0 Å². The van der Waals surface area contributed by atoms with E-state index in [1.54, 1.807) is 0 Å². The Labute approximate surface area is 260 Å². The van der Waals surface area contributed by atoms with E-state index in [1.165, 1.54) is 0 Å². The Morgan fingerprint density at radius 3 is 1.05 bits per heavy atom. The van der Waals surface area contributed by atoms with E-state index in [2.05, 4.69) is 165 Å². The average Bonchev–Trinajstić information content (AvgIpc) is 2.77. The Morgan fingerprint density at radius 1 is 0.425 bits per heavy atom. The minimum absolute atomic E-state index is 0.500. The second-order valence-electron chi connectivity index (χ2n) is 14.8. The van der Waals surface area contributed by atoms with Gasteiger partial charge in [0, 0.05) is 4.66 Å². The molecule has 0 aromatic rings. The molecule has 0 amide bonds. The van der Waals surface area contributed by atoms with Crippen molar-refractivity contribution in [2.75, 3.05) is 0 Å². The van der Waals surface area contributed by atoms with E-state index in [-0.39, 0.29) is 0 Å². The topological polar surface area (TPSA) is 0 Å². The molecule has 0 fully saturated rings. The summed E-state index contributed by atoms with van der Waals surface area (Å²) in [5, 5.41) is 0. The van der Waals surface area contributed by atoms with Crippen LogP contribution in [0.5, 0.6) is 0 Å². The maximum absolute atomic E-state index is 7.32. The van der Waals surface area contributed by atoms with Crippen LogP contribution in [-0.4, -0.2) is 24.2 Å². The van der Waals surface area contributed by atoms with Gasteiger partial charge in [0.15, 0.2) is 0 Å². The number of rotatable bonds is 10. The van der Waals surface area contributed by atoms with Gasteiger partial charge in [0.05, 0.1) is 0 Å². The van der Waals surface area contributed by atoms with Gasteiger partial charge < -0.3 is 0 Å². The van der Waals surface area contributed by atoms with Crippen LogP contribution in [0.2, 0.25) is 49.9 Å². The van der Waals surface area contributed by atoms with E-state index in [0.717, 1.165) is 10.2 Å². The molecule has 0 aliphatic carbocycles. The van der Waals surface area contributed by atoms with Gasteiger partial charge in [-0.15, -0.1) is 11.1 Å². The first-order valence-electron chi connectivity index (χ1n) is 15.9. The van der Waals surface area contributed by atoms with Gasteiger partial charge in [-0.25, -0.2) is 0 Å². The van der Waals surface area contributed by atoms with Crippen molar-refractivity contribution in [2.45, 2.75) is 174 Å². The Hall–Kier alpha value is -0.859. The lowest BCUT2D eigenvalue weighted by atomic mass is 10.3. The number of hydrogen-bond acceptors (Lipinski definition) is 0. The number of halogens is 1. The lowest BCUT2D eigenvalue weighted by Gasteiger charge is -2.41. The normalized spacial score (nSPS) is 12.7. The summed E-state index contributed by atoms with van der Waals surface area (Å²) in [6.07, 6.45) is 0. The molecular weight excluding hydrogens is 552 g/mol. The fourth-order valence-corrected chi connectivity index (χ4v) is 26.6. The zero-order valence-corrected chi connectivity index (χ0v) is 33.3. The van der Waals surface area contributed by atoms with E-state index < -0.39 is 24.2 Å². The minimum atomic E-state index is -2.06. The van der Waals surface area contributed by atoms with Gasteiger partial charge in [0.1, 0.15) is 29.8 Å². The molecule has 0 nitrogen and oxygen atoms in total. The molecule has 0 atom stereocenters. The summed E-state index contributed by atoms with van der Waals surface area (Å²) in [7, 11) is -5.84. The van der Waals surface area contributed by atoms with Crippen LogP contribution in [0.1, 0.15) is 125 Å². The Kier molecular flexibility index (Phi) is 15.8. The first kappa shape index (κ1) is 39.1. The molecule has 0 unspecified atom stereocenters. The third-order valence-electron chi connectivity index (χ3n) is 10.1. The highest BCUT2D eigenvalue weighted by atomic mass is 35.5. The molecule has 0 heterocycles. The third-order valence-corrected chi connectivity index (χ3v) is 30.4. The van der Waals surface area contributed by atoms with Crippen molar-refractivity contribution in [3.05, 3.63) is 16.0 Å². The van der Waals surface area contributed by atoms with E-state index in [9.17, 15) is 0 Å². The van der Waals surface area contributed by atoms with Crippen molar-refractivity contribution >= 4 is 35.8 Å². The maximum atomic E-state index is 7.32.